The van der Waals surface area contributed by atoms with E-state index in [0.29, 0.717) is 34.5 Å². The van der Waals surface area contributed by atoms with Crippen molar-refractivity contribution in [2.24, 2.45) is 4.99 Å². The second-order valence-electron chi connectivity index (χ2n) is 8.99. The highest BCUT2D eigenvalue weighted by atomic mass is 32.2. The number of nitrogens with zero attached hydrogens (tertiary/aromatic N) is 3. The Morgan fingerprint density at radius 3 is 2.40 bits per heavy atom. The number of sulfonamides is 1. The van der Waals surface area contributed by atoms with Crippen LogP contribution in [0.25, 0.3) is 11.1 Å². The molecule has 1 N–H and O–H groups in total. The van der Waals surface area contributed by atoms with Crippen molar-refractivity contribution in [1.82, 2.24) is 14.3 Å². The largest absolute Gasteiger partial charge is 0.461 e. The van der Waals surface area contributed by atoms with Crippen LogP contribution in [0.1, 0.15) is 61.9 Å². The van der Waals surface area contributed by atoms with Gasteiger partial charge in [0.15, 0.2) is 10.9 Å². The number of aliphatic imine (C=N–C) groups is 1. The second kappa shape index (κ2) is 15.3. The first-order valence-electron chi connectivity index (χ1n) is 13.4. The Kier molecular flexibility index (Phi) is 12.1. The topological polar surface area (TPSA) is 103 Å². The molecule has 0 aliphatic carbocycles. The zero-order valence-corrected chi connectivity index (χ0v) is 26.2. The third kappa shape index (κ3) is 7.92. The van der Waals surface area contributed by atoms with Crippen molar-refractivity contribution in [3.63, 3.8) is 0 Å². The Balaban J connectivity index is 1.95. The number of rotatable bonds is 13. The number of hydrogen-bond acceptors (Lipinski definition) is 8. The lowest BCUT2D eigenvalue weighted by Gasteiger charge is -2.14. The summed E-state index contributed by atoms with van der Waals surface area (Å²) < 4.78 is 36.6. The molecule has 0 radical (unpaired) electrons. The van der Waals surface area contributed by atoms with E-state index in [9.17, 15) is 13.2 Å². The van der Waals surface area contributed by atoms with Crippen molar-refractivity contribution < 1.29 is 17.9 Å². The molecule has 0 unspecified atom stereocenters. The van der Waals surface area contributed by atoms with Crippen LogP contribution in [0.5, 0.6) is 0 Å². The average Bonchev–Trinajstić information content (AvgIpc) is 3.31. The van der Waals surface area contributed by atoms with Gasteiger partial charge in [-0.05, 0) is 49.5 Å². The molecular formula is C29H38N4O4S3. The summed E-state index contributed by atoms with van der Waals surface area (Å²) in [5.41, 5.74) is 2.81. The normalized spacial score (nSPS) is 12.0. The first kappa shape index (κ1) is 31.8. The molecule has 3 aromatic rings. The van der Waals surface area contributed by atoms with Crippen LogP contribution in [0.3, 0.4) is 0 Å². The number of carbonyl (C=O) groups excluding carboxylic acids is 1. The van der Waals surface area contributed by atoms with Gasteiger partial charge in [0, 0.05) is 25.1 Å². The number of hydrogen-bond donors (Lipinski definition) is 1. The van der Waals surface area contributed by atoms with Gasteiger partial charge in [0.25, 0.3) is 10.0 Å². The summed E-state index contributed by atoms with van der Waals surface area (Å²) in [7, 11) is -3.84. The van der Waals surface area contributed by atoms with Gasteiger partial charge in [0.2, 0.25) is 0 Å². The number of aryl methyl sites for hydroxylation is 1. The molecule has 0 bridgehead atoms. The molecule has 0 saturated heterocycles. The van der Waals surface area contributed by atoms with Crippen molar-refractivity contribution in [1.29, 1.82) is 0 Å². The highest BCUT2D eigenvalue weighted by molar-refractivity contribution is 8.14. The van der Waals surface area contributed by atoms with Crippen LogP contribution in [-0.4, -0.2) is 54.8 Å². The van der Waals surface area contributed by atoms with Crippen LogP contribution in [0.15, 0.2) is 63.4 Å². The summed E-state index contributed by atoms with van der Waals surface area (Å²) in [5.74, 6) is 0.479. The zero-order chi connectivity index (χ0) is 29.1. The molecule has 0 aliphatic rings. The van der Waals surface area contributed by atoms with Gasteiger partial charge >= 0.3 is 5.97 Å². The van der Waals surface area contributed by atoms with E-state index in [4.69, 9.17) is 9.72 Å². The number of nitrogens with one attached hydrogen (secondary N) is 1. The van der Waals surface area contributed by atoms with Crippen molar-refractivity contribution >= 4 is 44.7 Å². The van der Waals surface area contributed by atoms with E-state index in [1.807, 2.05) is 48.1 Å². The fraction of sp³-hybridized carbons (Fsp3) is 0.414. The third-order valence-electron chi connectivity index (χ3n) is 6.11. The first-order valence-corrected chi connectivity index (χ1v) is 17.3. The minimum Gasteiger partial charge on any atom is -0.461 e. The maximum absolute atomic E-state index is 13.3. The molecule has 0 spiro atoms. The lowest BCUT2D eigenvalue weighted by molar-refractivity contribution is 0.0509. The molecule has 40 heavy (non-hydrogen) atoms. The van der Waals surface area contributed by atoms with Gasteiger partial charge < -0.3 is 9.30 Å². The number of amidine groups is 1. The number of ether oxygens (including phenoxy) is 1. The number of carbonyl (C=O) groups is 1. The fourth-order valence-corrected chi connectivity index (χ4v) is 6.75. The molecule has 0 amide bonds. The van der Waals surface area contributed by atoms with Crippen molar-refractivity contribution in [2.75, 3.05) is 25.7 Å². The Bertz CT molecular complexity index is 1420. The van der Waals surface area contributed by atoms with E-state index in [-0.39, 0.29) is 17.5 Å². The molecule has 1 heterocycles. The maximum atomic E-state index is 13.3. The number of imidazole rings is 1. The predicted octanol–water partition coefficient (Wildman–Crippen LogP) is 6.25. The van der Waals surface area contributed by atoms with E-state index in [1.54, 1.807) is 31.4 Å². The molecular weight excluding hydrogens is 565 g/mol. The van der Waals surface area contributed by atoms with E-state index < -0.39 is 10.0 Å². The zero-order valence-electron chi connectivity index (χ0n) is 23.8. The van der Waals surface area contributed by atoms with Crippen LogP contribution in [0.4, 0.5) is 0 Å². The minimum atomic E-state index is -3.84. The van der Waals surface area contributed by atoms with Crippen LogP contribution < -0.4 is 4.72 Å². The average molecular weight is 603 g/mol. The number of esters is 1. The van der Waals surface area contributed by atoms with Crippen LogP contribution >= 0.6 is 23.5 Å². The molecule has 1 aromatic heterocycles. The quantitative estimate of drug-likeness (QED) is 0.107. The van der Waals surface area contributed by atoms with Crippen LogP contribution in [-0.2, 0) is 27.7 Å². The van der Waals surface area contributed by atoms with E-state index >= 15 is 0 Å². The summed E-state index contributed by atoms with van der Waals surface area (Å²) in [4.78, 5) is 22.2. The second-order valence-corrected chi connectivity index (χ2v) is 12.2. The summed E-state index contributed by atoms with van der Waals surface area (Å²) in [6.45, 7) is 7.20. The third-order valence-corrected chi connectivity index (χ3v) is 8.92. The van der Waals surface area contributed by atoms with Crippen molar-refractivity contribution in [2.45, 2.75) is 62.9 Å². The molecule has 8 nitrogen and oxygen atoms in total. The van der Waals surface area contributed by atoms with Crippen molar-refractivity contribution in [3.8, 4) is 11.1 Å². The van der Waals surface area contributed by atoms with Gasteiger partial charge in [-0.1, -0.05) is 74.5 Å². The van der Waals surface area contributed by atoms with E-state index in [2.05, 4.69) is 16.6 Å². The fourth-order valence-electron chi connectivity index (χ4n) is 4.14. The summed E-state index contributed by atoms with van der Waals surface area (Å²) in [5, 5.41) is 1.04. The van der Waals surface area contributed by atoms with Crippen LogP contribution in [0.2, 0.25) is 0 Å². The number of benzene rings is 2. The van der Waals surface area contributed by atoms with Gasteiger partial charge in [-0.3, -0.25) is 9.71 Å². The van der Waals surface area contributed by atoms with Crippen LogP contribution in [0, 0.1) is 0 Å². The molecule has 0 atom stereocenters. The number of unbranched alkanes of at least 4 members (excludes halogenated alkanes) is 1. The molecule has 11 heteroatoms. The molecule has 0 aliphatic heterocycles. The lowest BCUT2D eigenvalue weighted by atomic mass is 10.0. The highest BCUT2D eigenvalue weighted by Crippen LogP contribution is 2.29. The Hall–Kier alpha value is -2.76. The van der Waals surface area contributed by atoms with Gasteiger partial charge in [0.05, 0.1) is 11.5 Å². The van der Waals surface area contributed by atoms with Gasteiger partial charge in [-0.2, -0.15) is 0 Å². The molecule has 0 fully saturated rings. The molecule has 2 aromatic carbocycles. The number of aromatic nitrogens is 2. The lowest BCUT2D eigenvalue weighted by Crippen LogP contribution is -2.29. The monoisotopic (exact) mass is 602 g/mol. The van der Waals surface area contributed by atoms with Gasteiger partial charge in [0.1, 0.15) is 10.9 Å². The minimum absolute atomic E-state index is 0.187. The predicted molar refractivity (Wildman–Crippen MR) is 166 cm³/mol. The Morgan fingerprint density at radius 2 is 1.77 bits per heavy atom. The summed E-state index contributed by atoms with van der Waals surface area (Å²) >= 11 is 2.71. The molecule has 3 rings (SSSR count). The van der Waals surface area contributed by atoms with Gasteiger partial charge in [-0.15, -0.1) is 11.8 Å². The van der Waals surface area contributed by atoms with E-state index in [0.717, 1.165) is 42.6 Å². The Morgan fingerprint density at radius 1 is 1.05 bits per heavy atom. The SMILES string of the molecule is CCCCc1nc(SC)c(C(=O)OCC)n1Cc1ccc(-c2ccccc2S(=O)(=O)NC(=NCCC)SC)cc1. The summed E-state index contributed by atoms with van der Waals surface area (Å²) in [6.07, 6.45) is 7.28. The number of thioether (sulfide) groups is 2. The standard InChI is InChI=1S/C29H38N4O4S3/c1-6-9-14-25-31-27(38-4)26(28(34)37-8-3)33(25)20-21-15-17-22(18-16-21)23-12-10-11-13-24(23)40(35,36)32-29(39-5)30-19-7-2/h10-13,15-18H,6-9,14,19-20H2,1-5H3,(H,30,32). The summed E-state index contributed by atoms with van der Waals surface area (Å²) in [6, 6.07) is 14.7. The highest BCUT2D eigenvalue weighted by Gasteiger charge is 2.24. The van der Waals surface area contributed by atoms with Crippen molar-refractivity contribution in [3.05, 3.63) is 65.6 Å². The van der Waals surface area contributed by atoms with Gasteiger partial charge in [-0.25, -0.2) is 18.2 Å². The first-order chi connectivity index (χ1) is 19.3. The Labute approximate surface area is 246 Å². The molecule has 216 valence electrons. The molecule has 0 saturated carbocycles. The van der Waals surface area contributed by atoms with E-state index in [1.165, 1.54) is 23.5 Å². The smallest absolute Gasteiger partial charge is 0.357 e. The maximum Gasteiger partial charge on any atom is 0.357 e.